The molecule has 0 unspecified atom stereocenters. The fraction of sp³-hybridized carbons (Fsp3) is 0.143. The zero-order chi connectivity index (χ0) is 18.2. The number of nitrogens with one attached hydrogen (secondary N) is 1. The Hall–Kier alpha value is -3.52. The van der Waals surface area contributed by atoms with Gasteiger partial charge in [0.25, 0.3) is 5.91 Å². The Morgan fingerprint density at radius 3 is 2.80 bits per heavy atom. The van der Waals surface area contributed by atoms with Crippen molar-refractivity contribution in [3.05, 3.63) is 46.1 Å². The molecule has 25 heavy (non-hydrogen) atoms. The van der Waals surface area contributed by atoms with Crippen molar-refractivity contribution in [3.63, 3.8) is 0 Å². The lowest BCUT2D eigenvalue weighted by atomic mass is 10.2. The summed E-state index contributed by atoms with van der Waals surface area (Å²) in [5, 5.41) is 21.5. The summed E-state index contributed by atoms with van der Waals surface area (Å²) < 4.78 is 9.87. The Kier molecular flexibility index (Phi) is 5.97. The quantitative estimate of drug-likeness (QED) is 0.443. The van der Waals surface area contributed by atoms with Crippen LogP contribution in [0.1, 0.15) is 5.56 Å². The summed E-state index contributed by atoms with van der Waals surface area (Å²) in [6.07, 6.45) is 1.01. The molecular weight excluding hydrogens is 352 g/mol. The van der Waals surface area contributed by atoms with Crippen LogP contribution < -0.4 is 10.1 Å². The number of carbonyl (C=O) groups excluding carboxylic acids is 2. The maximum atomic E-state index is 11.6. The van der Waals surface area contributed by atoms with Crippen LogP contribution in [0.3, 0.4) is 0 Å². The van der Waals surface area contributed by atoms with Crippen LogP contribution in [0.25, 0.3) is 0 Å². The zero-order valence-corrected chi connectivity index (χ0v) is 13.3. The summed E-state index contributed by atoms with van der Waals surface area (Å²) >= 11 is 0.677. The lowest BCUT2D eigenvalue weighted by molar-refractivity contribution is -0.380. The van der Waals surface area contributed by atoms with Crippen LogP contribution in [0.2, 0.25) is 0 Å². The number of benzene rings is 1. The van der Waals surface area contributed by atoms with Crippen molar-refractivity contribution in [2.45, 2.75) is 0 Å². The second-order valence-corrected chi connectivity index (χ2v) is 5.38. The predicted molar refractivity (Wildman–Crippen MR) is 85.0 cm³/mol. The lowest BCUT2D eigenvalue weighted by Gasteiger charge is -2.07. The van der Waals surface area contributed by atoms with E-state index < -0.39 is 30.0 Å². The monoisotopic (exact) mass is 362 g/mol. The van der Waals surface area contributed by atoms with Crippen molar-refractivity contribution in [1.29, 1.82) is 5.26 Å². The highest BCUT2D eigenvalue weighted by molar-refractivity contribution is 7.18. The van der Waals surface area contributed by atoms with E-state index in [2.05, 4.69) is 10.3 Å². The van der Waals surface area contributed by atoms with Crippen LogP contribution in [0, 0.1) is 21.4 Å². The van der Waals surface area contributed by atoms with Gasteiger partial charge in [-0.3, -0.25) is 20.2 Å². The topological polar surface area (TPSA) is 144 Å². The average molecular weight is 362 g/mol. The summed E-state index contributed by atoms with van der Waals surface area (Å²) in [7, 11) is 0. The van der Waals surface area contributed by atoms with Crippen LogP contribution in [-0.2, 0) is 14.3 Å². The van der Waals surface area contributed by atoms with E-state index in [1.807, 2.05) is 6.07 Å². The van der Waals surface area contributed by atoms with Crippen LogP contribution in [0.5, 0.6) is 5.75 Å². The molecule has 10 nitrogen and oxygen atoms in total. The number of para-hydroxylation sites is 1. The fourth-order valence-electron chi connectivity index (χ4n) is 1.57. The Morgan fingerprint density at radius 2 is 2.12 bits per heavy atom. The third kappa shape index (κ3) is 5.26. The molecule has 0 saturated carbocycles. The van der Waals surface area contributed by atoms with E-state index in [0.29, 0.717) is 11.3 Å². The largest absolute Gasteiger partial charge is 0.481 e. The third-order valence-corrected chi connectivity index (χ3v) is 3.50. The van der Waals surface area contributed by atoms with Gasteiger partial charge in [-0.25, -0.2) is 9.78 Å². The van der Waals surface area contributed by atoms with Crippen LogP contribution in [-0.4, -0.2) is 35.0 Å². The van der Waals surface area contributed by atoms with Gasteiger partial charge in [0.05, 0.1) is 10.5 Å². The number of ether oxygens (including phenoxy) is 2. The summed E-state index contributed by atoms with van der Waals surface area (Å²) in [5.74, 6) is -1.29. The van der Waals surface area contributed by atoms with E-state index >= 15 is 0 Å². The zero-order valence-electron chi connectivity index (χ0n) is 12.5. The molecule has 0 radical (unpaired) electrons. The predicted octanol–water partition coefficient (Wildman–Crippen LogP) is 1.48. The number of esters is 1. The number of nitriles is 1. The minimum Gasteiger partial charge on any atom is -0.481 e. The van der Waals surface area contributed by atoms with Crippen molar-refractivity contribution >= 4 is 33.3 Å². The standard InChI is InChI=1S/C14H10N4O6S/c15-5-9-3-1-2-4-10(9)23-8-13(20)24-7-11(19)17-14-16-6-12(25-14)18(21)22/h1-4,6H,7-8H2,(H,16,17,19). The van der Waals surface area contributed by atoms with Gasteiger partial charge in [0.2, 0.25) is 0 Å². The summed E-state index contributed by atoms with van der Waals surface area (Å²) in [6, 6.07) is 8.25. The molecule has 0 aliphatic carbocycles. The molecular formula is C14H10N4O6S. The van der Waals surface area contributed by atoms with E-state index in [4.69, 9.17) is 14.7 Å². The van der Waals surface area contributed by atoms with Crippen molar-refractivity contribution in [2.24, 2.45) is 0 Å². The normalized spacial score (nSPS) is 9.72. The Balaban J connectivity index is 1.76. The molecule has 1 aromatic carbocycles. The number of nitrogens with zero attached hydrogens (tertiary/aromatic N) is 3. The molecule has 0 bridgehead atoms. The number of thiazole rings is 1. The van der Waals surface area contributed by atoms with Gasteiger partial charge in [-0.05, 0) is 23.5 Å². The molecule has 1 aromatic heterocycles. The molecule has 0 spiro atoms. The molecule has 0 aliphatic heterocycles. The van der Waals surface area contributed by atoms with Gasteiger partial charge < -0.3 is 9.47 Å². The molecule has 2 rings (SSSR count). The molecule has 11 heteroatoms. The molecule has 1 N–H and O–H groups in total. The van der Waals surface area contributed by atoms with Gasteiger partial charge in [-0.15, -0.1) is 0 Å². The lowest BCUT2D eigenvalue weighted by Crippen LogP contribution is -2.23. The molecule has 0 fully saturated rings. The molecule has 0 saturated heterocycles. The third-order valence-electron chi connectivity index (χ3n) is 2.64. The molecule has 0 aliphatic rings. The number of rotatable bonds is 7. The molecule has 1 amide bonds. The Morgan fingerprint density at radius 1 is 1.36 bits per heavy atom. The number of aromatic nitrogens is 1. The molecule has 128 valence electrons. The van der Waals surface area contributed by atoms with Crippen molar-refractivity contribution in [3.8, 4) is 11.8 Å². The number of nitro groups is 1. The van der Waals surface area contributed by atoms with Gasteiger partial charge in [-0.2, -0.15) is 5.26 Å². The van der Waals surface area contributed by atoms with Crippen molar-refractivity contribution in [2.75, 3.05) is 18.5 Å². The van der Waals surface area contributed by atoms with Gasteiger partial charge in [0.15, 0.2) is 18.3 Å². The second kappa shape index (κ2) is 8.37. The van der Waals surface area contributed by atoms with E-state index in [0.717, 1.165) is 6.20 Å². The second-order valence-electron chi connectivity index (χ2n) is 4.37. The van der Waals surface area contributed by atoms with Crippen LogP contribution in [0.15, 0.2) is 30.5 Å². The van der Waals surface area contributed by atoms with Crippen molar-refractivity contribution < 1.29 is 24.0 Å². The maximum absolute atomic E-state index is 11.6. The Bertz CT molecular complexity index is 844. The first kappa shape index (κ1) is 17.8. The summed E-state index contributed by atoms with van der Waals surface area (Å²) in [5.41, 5.74) is 0.262. The van der Waals surface area contributed by atoms with Gasteiger partial charge in [-0.1, -0.05) is 12.1 Å². The summed E-state index contributed by atoms with van der Waals surface area (Å²) in [4.78, 5) is 36.7. The maximum Gasteiger partial charge on any atom is 0.345 e. The molecule has 1 heterocycles. The SMILES string of the molecule is N#Cc1ccccc1OCC(=O)OCC(=O)Nc1ncc([N+](=O)[O-])s1. The van der Waals surface area contributed by atoms with E-state index in [1.165, 1.54) is 12.1 Å². The first-order valence-electron chi connectivity index (χ1n) is 6.67. The minimum absolute atomic E-state index is 0.0203. The highest BCUT2D eigenvalue weighted by atomic mass is 32.1. The molecule has 2 aromatic rings. The van der Waals surface area contributed by atoms with E-state index in [1.54, 1.807) is 12.1 Å². The fourth-order valence-corrected chi connectivity index (χ4v) is 2.22. The van der Waals surface area contributed by atoms with Gasteiger partial charge >= 0.3 is 11.0 Å². The average Bonchev–Trinajstić information content (AvgIpc) is 3.07. The number of hydrogen-bond acceptors (Lipinski definition) is 9. The minimum atomic E-state index is -0.812. The van der Waals surface area contributed by atoms with Gasteiger partial charge in [0.1, 0.15) is 18.0 Å². The first-order chi connectivity index (χ1) is 12.0. The van der Waals surface area contributed by atoms with E-state index in [-0.39, 0.29) is 21.4 Å². The summed E-state index contributed by atoms with van der Waals surface area (Å²) in [6.45, 7) is -1.08. The smallest absolute Gasteiger partial charge is 0.345 e. The van der Waals surface area contributed by atoms with Crippen LogP contribution >= 0.6 is 11.3 Å². The van der Waals surface area contributed by atoms with Gasteiger partial charge in [0, 0.05) is 0 Å². The number of amides is 1. The number of hydrogen-bond donors (Lipinski definition) is 1. The van der Waals surface area contributed by atoms with Crippen molar-refractivity contribution in [1.82, 2.24) is 4.98 Å². The van der Waals surface area contributed by atoms with E-state index in [9.17, 15) is 19.7 Å². The highest BCUT2D eigenvalue weighted by Crippen LogP contribution is 2.24. The number of carbonyl (C=O) groups is 2. The molecule has 0 atom stereocenters. The van der Waals surface area contributed by atoms with Crippen LogP contribution in [0.4, 0.5) is 10.1 Å². The Labute approximate surface area is 144 Å². The number of anilines is 1. The first-order valence-corrected chi connectivity index (χ1v) is 7.49. The highest BCUT2D eigenvalue weighted by Gasteiger charge is 2.15.